The lowest BCUT2D eigenvalue weighted by atomic mass is 10.1. The van der Waals surface area contributed by atoms with Crippen molar-refractivity contribution < 1.29 is 9.47 Å². The normalized spacial score (nSPS) is 13.0. The zero-order valence-corrected chi connectivity index (χ0v) is 11.2. The molecule has 16 heavy (non-hydrogen) atoms. The van der Waals surface area contributed by atoms with E-state index in [1.54, 1.807) is 20.4 Å². The lowest BCUT2D eigenvalue weighted by molar-refractivity contribution is 0.177. The molecule has 0 spiro atoms. The van der Waals surface area contributed by atoms with Crippen LogP contribution >= 0.6 is 15.9 Å². The van der Waals surface area contributed by atoms with Crippen molar-refractivity contribution in [2.75, 3.05) is 27.4 Å². The summed E-state index contributed by atoms with van der Waals surface area (Å²) in [6.45, 7) is 1.97. The molecule has 1 heterocycles. The van der Waals surface area contributed by atoms with Gasteiger partial charge in [-0.1, -0.05) is 0 Å². The third-order valence-corrected chi connectivity index (χ3v) is 2.94. The van der Waals surface area contributed by atoms with Gasteiger partial charge in [-0.25, -0.2) is 0 Å². The first-order valence-corrected chi connectivity index (χ1v) is 5.94. The Bertz CT molecular complexity index is 317. The SMILES string of the molecule is COCCC(N)c1c(Br)cnn1CCOC. The second kappa shape index (κ2) is 7.01. The van der Waals surface area contributed by atoms with Gasteiger partial charge < -0.3 is 15.2 Å². The predicted molar refractivity (Wildman–Crippen MR) is 65.2 cm³/mol. The molecule has 1 atom stereocenters. The van der Waals surface area contributed by atoms with E-state index in [1.807, 2.05) is 4.68 Å². The highest BCUT2D eigenvalue weighted by molar-refractivity contribution is 9.10. The Kier molecular flexibility index (Phi) is 5.97. The second-order valence-electron chi connectivity index (χ2n) is 3.48. The van der Waals surface area contributed by atoms with Crippen LogP contribution in [0.1, 0.15) is 18.2 Å². The summed E-state index contributed by atoms with van der Waals surface area (Å²) in [4.78, 5) is 0. The van der Waals surface area contributed by atoms with E-state index in [9.17, 15) is 0 Å². The zero-order valence-electron chi connectivity index (χ0n) is 9.65. The summed E-state index contributed by atoms with van der Waals surface area (Å²) in [5.74, 6) is 0. The predicted octanol–water partition coefficient (Wildman–Crippen LogP) is 1.33. The van der Waals surface area contributed by atoms with Crippen LogP contribution in [-0.2, 0) is 16.0 Å². The van der Waals surface area contributed by atoms with Gasteiger partial charge in [0.1, 0.15) is 0 Å². The van der Waals surface area contributed by atoms with E-state index in [4.69, 9.17) is 15.2 Å². The summed E-state index contributed by atoms with van der Waals surface area (Å²) in [5, 5.41) is 4.25. The Balaban J connectivity index is 2.71. The van der Waals surface area contributed by atoms with Gasteiger partial charge in [-0.3, -0.25) is 4.68 Å². The van der Waals surface area contributed by atoms with E-state index in [2.05, 4.69) is 21.0 Å². The molecule has 1 aromatic rings. The Morgan fingerprint density at radius 2 is 2.12 bits per heavy atom. The molecule has 0 aromatic carbocycles. The number of nitrogens with two attached hydrogens (primary N) is 1. The molecule has 0 fully saturated rings. The van der Waals surface area contributed by atoms with Gasteiger partial charge in [-0.15, -0.1) is 0 Å². The Morgan fingerprint density at radius 3 is 2.75 bits per heavy atom. The molecule has 1 aromatic heterocycles. The summed E-state index contributed by atoms with van der Waals surface area (Å²) < 4.78 is 12.9. The third kappa shape index (κ3) is 3.55. The monoisotopic (exact) mass is 291 g/mol. The molecular weight excluding hydrogens is 274 g/mol. The van der Waals surface area contributed by atoms with Crippen LogP contribution in [0.5, 0.6) is 0 Å². The standard InChI is InChI=1S/C10H18BrN3O2/c1-15-5-3-9(12)10-8(11)7-13-14(10)4-6-16-2/h7,9H,3-6,12H2,1-2H3. The van der Waals surface area contributed by atoms with Crippen molar-refractivity contribution in [3.05, 3.63) is 16.4 Å². The van der Waals surface area contributed by atoms with Crippen LogP contribution < -0.4 is 5.73 Å². The first kappa shape index (κ1) is 13.6. The van der Waals surface area contributed by atoms with Gasteiger partial charge in [-0.2, -0.15) is 5.10 Å². The van der Waals surface area contributed by atoms with Gasteiger partial charge in [-0.05, 0) is 22.4 Å². The maximum absolute atomic E-state index is 6.09. The minimum Gasteiger partial charge on any atom is -0.385 e. The smallest absolute Gasteiger partial charge is 0.0695 e. The summed E-state index contributed by atoms with van der Waals surface area (Å²) in [6.07, 6.45) is 2.53. The molecule has 0 bridgehead atoms. The van der Waals surface area contributed by atoms with Gasteiger partial charge in [0.15, 0.2) is 0 Å². The molecule has 0 saturated carbocycles. The molecule has 6 heteroatoms. The van der Waals surface area contributed by atoms with Gasteiger partial charge in [0, 0.05) is 20.8 Å². The largest absolute Gasteiger partial charge is 0.385 e. The molecule has 92 valence electrons. The van der Waals surface area contributed by atoms with Crippen molar-refractivity contribution >= 4 is 15.9 Å². The molecule has 0 saturated heterocycles. The minimum atomic E-state index is -0.0753. The van der Waals surface area contributed by atoms with E-state index in [0.29, 0.717) is 19.8 Å². The Labute approximate surface area is 104 Å². The molecule has 1 rings (SSSR count). The van der Waals surface area contributed by atoms with Crippen molar-refractivity contribution in [1.82, 2.24) is 9.78 Å². The maximum atomic E-state index is 6.09. The van der Waals surface area contributed by atoms with Crippen LogP contribution in [0.3, 0.4) is 0 Å². The Hall–Kier alpha value is -0.430. The number of rotatable bonds is 7. The van der Waals surface area contributed by atoms with E-state index < -0.39 is 0 Å². The third-order valence-electron chi connectivity index (χ3n) is 2.32. The van der Waals surface area contributed by atoms with Crippen LogP contribution in [0.2, 0.25) is 0 Å². The number of methoxy groups -OCH3 is 2. The van der Waals surface area contributed by atoms with E-state index >= 15 is 0 Å². The van der Waals surface area contributed by atoms with Crippen LogP contribution in [0.25, 0.3) is 0 Å². The molecule has 0 aliphatic heterocycles. The first-order valence-electron chi connectivity index (χ1n) is 5.15. The van der Waals surface area contributed by atoms with E-state index in [-0.39, 0.29) is 6.04 Å². The lowest BCUT2D eigenvalue weighted by Gasteiger charge is -2.14. The summed E-state index contributed by atoms with van der Waals surface area (Å²) in [5.41, 5.74) is 7.08. The van der Waals surface area contributed by atoms with Gasteiger partial charge >= 0.3 is 0 Å². The number of hydrogen-bond acceptors (Lipinski definition) is 4. The fourth-order valence-electron chi connectivity index (χ4n) is 1.48. The highest BCUT2D eigenvalue weighted by Gasteiger charge is 2.16. The van der Waals surface area contributed by atoms with Gasteiger partial charge in [0.05, 0.1) is 35.6 Å². The van der Waals surface area contributed by atoms with Crippen molar-refractivity contribution in [3.8, 4) is 0 Å². The first-order chi connectivity index (χ1) is 7.70. The molecule has 1 unspecified atom stereocenters. The molecule has 0 radical (unpaired) electrons. The Morgan fingerprint density at radius 1 is 1.44 bits per heavy atom. The second-order valence-corrected chi connectivity index (χ2v) is 4.34. The molecule has 2 N–H and O–H groups in total. The molecule has 5 nitrogen and oxygen atoms in total. The number of hydrogen-bond donors (Lipinski definition) is 1. The highest BCUT2D eigenvalue weighted by atomic mass is 79.9. The fraction of sp³-hybridized carbons (Fsp3) is 0.700. The quantitative estimate of drug-likeness (QED) is 0.823. The van der Waals surface area contributed by atoms with Gasteiger partial charge in [0.2, 0.25) is 0 Å². The van der Waals surface area contributed by atoms with Crippen LogP contribution in [0.15, 0.2) is 10.7 Å². The maximum Gasteiger partial charge on any atom is 0.0695 e. The number of halogens is 1. The topological polar surface area (TPSA) is 62.3 Å². The van der Waals surface area contributed by atoms with E-state index in [0.717, 1.165) is 16.6 Å². The van der Waals surface area contributed by atoms with E-state index in [1.165, 1.54) is 0 Å². The highest BCUT2D eigenvalue weighted by Crippen LogP contribution is 2.23. The van der Waals surface area contributed by atoms with Crippen molar-refractivity contribution in [2.24, 2.45) is 5.73 Å². The van der Waals surface area contributed by atoms with Crippen molar-refractivity contribution in [3.63, 3.8) is 0 Å². The van der Waals surface area contributed by atoms with Crippen molar-refractivity contribution in [2.45, 2.75) is 19.0 Å². The van der Waals surface area contributed by atoms with Crippen molar-refractivity contribution in [1.29, 1.82) is 0 Å². The van der Waals surface area contributed by atoms with Gasteiger partial charge in [0.25, 0.3) is 0 Å². The number of nitrogens with zero attached hydrogens (tertiary/aromatic N) is 2. The number of aromatic nitrogens is 2. The summed E-state index contributed by atoms with van der Waals surface area (Å²) in [6, 6.07) is -0.0753. The molecule has 0 aliphatic rings. The lowest BCUT2D eigenvalue weighted by Crippen LogP contribution is -2.19. The molecule has 0 amide bonds. The molecular formula is C10H18BrN3O2. The zero-order chi connectivity index (χ0) is 12.0. The number of ether oxygens (including phenoxy) is 2. The minimum absolute atomic E-state index is 0.0753. The van der Waals surface area contributed by atoms with Crippen LogP contribution in [0.4, 0.5) is 0 Å². The fourth-order valence-corrected chi connectivity index (χ4v) is 2.07. The van der Waals surface area contributed by atoms with Crippen LogP contribution in [-0.4, -0.2) is 37.2 Å². The average molecular weight is 292 g/mol. The van der Waals surface area contributed by atoms with Crippen LogP contribution in [0, 0.1) is 0 Å². The average Bonchev–Trinajstić information content (AvgIpc) is 2.64. The summed E-state index contributed by atoms with van der Waals surface area (Å²) >= 11 is 3.46. The summed E-state index contributed by atoms with van der Waals surface area (Å²) in [7, 11) is 3.34. The molecule has 0 aliphatic carbocycles.